The highest BCUT2D eigenvalue weighted by molar-refractivity contribution is 7.99. The highest BCUT2D eigenvalue weighted by atomic mass is 32.2. The Hall–Kier alpha value is -2.00. The normalized spacial score (nSPS) is 10.2. The number of thioether (sulfide) groups is 1. The van der Waals surface area contributed by atoms with Crippen molar-refractivity contribution in [1.82, 2.24) is 10.2 Å². The molecule has 0 aliphatic rings. The highest BCUT2D eigenvalue weighted by Crippen LogP contribution is 2.21. The van der Waals surface area contributed by atoms with Crippen LogP contribution in [-0.4, -0.2) is 16.0 Å². The first-order valence-corrected chi connectivity index (χ1v) is 7.20. The number of hydrogen-bond acceptors (Lipinski definition) is 6. The van der Waals surface area contributed by atoms with Crippen LogP contribution in [0.4, 0.5) is 0 Å². The van der Waals surface area contributed by atoms with Crippen molar-refractivity contribution in [3.8, 4) is 11.8 Å². The Morgan fingerprint density at radius 3 is 3.00 bits per heavy atom. The first-order valence-electron chi connectivity index (χ1n) is 6.21. The minimum Gasteiger partial charge on any atom is -0.484 e. The number of hydrogen-bond donors (Lipinski definition) is 0. The molecule has 0 aliphatic carbocycles. The van der Waals surface area contributed by atoms with Gasteiger partial charge in [-0.25, -0.2) is 0 Å². The average molecular weight is 289 g/mol. The lowest BCUT2D eigenvalue weighted by molar-refractivity contribution is 0.250. The van der Waals surface area contributed by atoms with Crippen LogP contribution in [0.25, 0.3) is 0 Å². The molecule has 2 aromatic rings. The third kappa shape index (κ3) is 4.00. The predicted octanol–water partition coefficient (Wildman–Crippen LogP) is 3.27. The van der Waals surface area contributed by atoms with Gasteiger partial charge in [-0.05, 0) is 31.0 Å². The molecule has 0 N–H and O–H groups in total. The molecule has 0 spiro atoms. The molecule has 0 saturated carbocycles. The van der Waals surface area contributed by atoms with E-state index in [1.807, 2.05) is 32.0 Å². The fraction of sp³-hybridized carbons (Fsp3) is 0.357. The Bertz CT molecular complexity index is 619. The van der Waals surface area contributed by atoms with Gasteiger partial charge in [-0.15, -0.1) is 10.2 Å². The molecule has 0 radical (unpaired) electrons. The maximum absolute atomic E-state index is 8.46. The summed E-state index contributed by atoms with van der Waals surface area (Å²) in [7, 11) is 0. The number of benzene rings is 1. The molecule has 1 aromatic carbocycles. The van der Waals surface area contributed by atoms with Crippen LogP contribution in [0.3, 0.4) is 0 Å². The van der Waals surface area contributed by atoms with Crippen molar-refractivity contribution in [3.63, 3.8) is 0 Å². The smallest absolute Gasteiger partial charge is 0.276 e. The molecular formula is C14H15N3O2S. The number of aromatic nitrogens is 2. The van der Waals surface area contributed by atoms with E-state index < -0.39 is 0 Å². The van der Waals surface area contributed by atoms with Gasteiger partial charge in [0.1, 0.15) is 5.75 Å². The van der Waals surface area contributed by atoms with E-state index in [9.17, 15) is 0 Å². The summed E-state index contributed by atoms with van der Waals surface area (Å²) in [5, 5.41) is 16.7. The molecule has 0 fully saturated rings. The summed E-state index contributed by atoms with van der Waals surface area (Å²) in [6.45, 7) is 4.25. The first-order chi connectivity index (χ1) is 9.69. The van der Waals surface area contributed by atoms with Gasteiger partial charge in [0.15, 0.2) is 6.61 Å². The van der Waals surface area contributed by atoms with E-state index in [-0.39, 0.29) is 6.61 Å². The Morgan fingerprint density at radius 2 is 2.20 bits per heavy atom. The molecule has 1 aromatic heterocycles. The third-order valence-corrected chi connectivity index (χ3v) is 3.40. The molecule has 0 saturated heterocycles. The summed E-state index contributed by atoms with van der Waals surface area (Å²) in [5.41, 5.74) is 2.21. The van der Waals surface area contributed by atoms with Gasteiger partial charge in [0.2, 0.25) is 0 Å². The number of rotatable bonds is 6. The van der Waals surface area contributed by atoms with Crippen LogP contribution in [0, 0.1) is 25.2 Å². The lowest BCUT2D eigenvalue weighted by Crippen LogP contribution is -1.97. The number of nitrogens with zero attached hydrogens (tertiary/aromatic N) is 3. The van der Waals surface area contributed by atoms with E-state index in [4.69, 9.17) is 14.4 Å². The molecule has 0 amide bonds. The van der Waals surface area contributed by atoms with Crippen molar-refractivity contribution < 1.29 is 9.15 Å². The third-order valence-electron chi connectivity index (χ3n) is 2.58. The Balaban J connectivity index is 1.91. The second-order valence-corrected chi connectivity index (χ2v) is 5.32. The molecule has 1 heterocycles. The van der Waals surface area contributed by atoms with Crippen LogP contribution < -0.4 is 4.74 Å². The second-order valence-electron chi connectivity index (χ2n) is 4.28. The van der Waals surface area contributed by atoms with E-state index >= 15 is 0 Å². The topological polar surface area (TPSA) is 71.9 Å². The van der Waals surface area contributed by atoms with Crippen molar-refractivity contribution in [1.29, 1.82) is 5.26 Å². The number of nitriles is 1. The van der Waals surface area contributed by atoms with Crippen molar-refractivity contribution in [2.45, 2.75) is 32.1 Å². The van der Waals surface area contributed by atoms with Crippen LogP contribution in [0.15, 0.2) is 27.8 Å². The fourth-order valence-electron chi connectivity index (χ4n) is 1.54. The van der Waals surface area contributed by atoms with E-state index in [0.717, 1.165) is 16.9 Å². The van der Waals surface area contributed by atoms with Gasteiger partial charge in [0.05, 0.1) is 6.07 Å². The van der Waals surface area contributed by atoms with E-state index in [0.29, 0.717) is 23.3 Å². The summed E-state index contributed by atoms with van der Waals surface area (Å²) in [4.78, 5) is 0. The van der Waals surface area contributed by atoms with E-state index in [1.54, 1.807) is 0 Å². The van der Waals surface area contributed by atoms with Crippen molar-refractivity contribution in [2.75, 3.05) is 5.75 Å². The molecule has 6 heteroatoms. The van der Waals surface area contributed by atoms with Gasteiger partial charge < -0.3 is 9.15 Å². The Kier molecular flexibility index (Phi) is 5.02. The number of aryl methyl sites for hydroxylation is 2. The molecule has 104 valence electrons. The lowest BCUT2D eigenvalue weighted by atomic mass is 10.1. The molecule has 0 bridgehead atoms. The van der Waals surface area contributed by atoms with E-state index in [2.05, 4.69) is 16.3 Å². The molecule has 0 atom stereocenters. The molecular weight excluding hydrogens is 274 g/mol. The Labute approximate surface area is 122 Å². The Morgan fingerprint density at radius 1 is 1.35 bits per heavy atom. The van der Waals surface area contributed by atoms with Crippen LogP contribution >= 0.6 is 11.8 Å². The lowest BCUT2D eigenvalue weighted by Gasteiger charge is -2.07. The van der Waals surface area contributed by atoms with Crippen LogP contribution in [-0.2, 0) is 6.61 Å². The SMILES string of the molecule is Cc1ccc(C)c(OCc2nnc(SCCC#N)o2)c1. The first kappa shape index (κ1) is 14.4. The maximum atomic E-state index is 8.46. The minimum absolute atomic E-state index is 0.246. The fourth-order valence-corrected chi connectivity index (χ4v) is 2.16. The summed E-state index contributed by atoms with van der Waals surface area (Å²) in [6, 6.07) is 8.10. The molecule has 20 heavy (non-hydrogen) atoms. The van der Waals surface area contributed by atoms with Crippen molar-refractivity contribution in [2.24, 2.45) is 0 Å². The largest absolute Gasteiger partial charge is 0.484 e. The summed E-state index contributed by atoms with van der Waals surface area (Å²) in [6.07, 6.45) is 0.460. The average Bonchev–Trinajstić information content (AvgIpc) is 2.88. The molecule has 2 rings (SSSR count). The molecule has 0 aliphatic heterocycles. The summed E-state index contributed by atoms with van der Waals surface area (Å²) >= 11 is 1.37. The van der Waals surface area contributed by atoms with Crippen molar-refractivity contribution >= 4 is 11.8 Å². The molecule has 0 unspecified atom stereocenters. The van der Waals surface area contributed by atoms with Crippen LogP contribution in [0.2, 0.25) is 0 Å². The van der Waals surface area contributed by atoms with Gasteiger partial charge in [0, 0.05) is 12.2 Å². The predicted molar refractivity (Wildman–Crippen MR) is 75.5 cm³/mol. The van der Waals surface area contributed by atoms with E-state index in [1.165, 1.54) is 11.8 Å². The van der Waals surface area contributed by atoms with Gasteiger partial charge in [-0.3, -0.25) is 0 Å². The number of ether oxygens (including phenoxy) is 1. The summed E-state index contributed by atoms with van der Waals surface area (Å²) in [5.74, 6) is 1.91. The maximum Gasteiger partial charge on any atom is 0.276 e. The van der Waals surface area contributed by atoms with Crippen LogP contribution in [0.1, 0.15) is 23.4 Å². The standard InChI is InChI=1S/C14H15N3O2S/c1-10-4-5-11(2)12(8-10)18-9-13-16-17-14(19-13)20-7-3-6-15/h4-5,8H,3,7,9H2,1-2H3. The zero-order valence-corrected chi connectivity index (χ0v) is 12.2. The van der Waals surface area contributed by atoms with Gasteiger partial charge in [0.25, 0.3) is 11.1 Å². The minimum atomic E-state index is 0.246. The van der Waals surface area contributed by atoms with Gasteiger partial charge in [-0.2, -0.15) is 5.26 Å². The van der Waals surface area contributed by atoms with Crippen molar-refractivity contribution in [3.05, 3.63) is 35.2 Å². The van der Waals surface area contributed by atoms with Gasteiger partial charge in [-0.1, -0.05) is 23.9 Å². The zero-order valence-electron chi connectivity index (χ0n) is 11.4. The quantitative estimate of drug-likeness (QED) is 0.600. The highest BCUT2D eigenvalue weighted by Gasteiger charge is 2.08. The van der Waals surface area contributed by atoms with Gasteiger partial charge >= 0.3 is 0 Å². The summed E-state index contributed by atoms with van der Waals surface area (Å²) < 4.78 is 11.1. The van der Waals surface area contributed by atoms with Crippen LogP contribution in [0.5, 0.6) is 5.75 Å². The molecule has 5 nitrogen and oxygen atoms in total. The monoisotopic (exact) mass is 289 g/mol. The zero-order chi connectivity index (χ0) is 14.4. The second kappa shape index (κ2) is 6.96.